The van der Waals surface area contributed by atoms with Crippen molar-refractivity contribution in [1.82, 2.24) is 10.2 Å². The highest BCUT2D eigenvalue weighted by atomic mass is 32.2. The summed E-state index contributed by atoms with van der Waals surface area (Å²) in [6.45, 7) is 3.36. The fourth-order valence-corrected chi connectivity index (χ4v) is 3.56. The first-order valence-corrected chi connectivity index (χ1v) is 8.15. The highest BCUT2D eigenvalue weighted by Crippen LogP contribution is 2.28. The first-order valence-electron chi connectivity index (χ1n) is 6.99. The van der Waals surface area contributed by atoms with Gasteiger partial charge in [0.15, 0.2) is 0 Å². The smallest absolute Gasteiger partial charge is 0.117 e. The Kier molecular flexibility index (Phi) is 4.28. The number of rotatable bonds is 6. The fourth-order valence-electron chi connectivity index (χ4n) is 2.56. The van der Waals surface area contributed by atoms with Gasteiger partial charge in [0.2, 0.25) is 0 Å². The van der Waals surface area contributed by atoms with Crippen LogP contribution in [-0.2, 0) is 6.54 Å². The SMILES string of the molecule is c1coc(CN(CCC2CSCCN2)C2CC2)c1. The van der Waals surface area contributed by atoms with Crippen LogP contribution in [0.2, 0.25) is 0 Å². The third-order valence-corrected chi connectivity index (χ3v) is 4.90. The number of nitrogens with zero attached hydrogens (tertiary/aromatic N) is 1. The van der Waals surface area contributed by atoms with Crippen LogP contribution in [0.5, 0.6) is 0 Å². The van der Waals surface area contributed by atoms with Gasteiger partial charge in [0.1, 0.15) is 5.76 Å². The molecule has 0 aromatic carbocycles. The van der Waals surface area contributed by atoms with Gasteiger partial charge in [-0.25, -0.2) is 0 Å². The van der Waals surface area contributed by atoms with Crippen LogP contribution >= 0.6 is 11.8 Å². The van der Waals surface area contributed by atoms with E-state index in [1.807, 2.05) is 6.07 Å². The molecule has 1 saturated heterocycles. The molecule has 1 aliphatic heterocycles. The van der Waals surface area contributed by atoms with Gasteiger partial charge >= 0.3 is 0 Å². The minimum absolute atomic E-state index is 0.710. The summed E-state index contributed by atoms with van der Waals surface area (Å²) >= 11 is 2.08. The molecule has 100 valence electrons. The first kappa shape index (κ1) is 12.6. The van der Waals surface area contributed by atoms with Gasteiger partial charge in [-0.05, 0) is 31.4 Å². The Bertz CT molecular complexity index is 345. The average Bonchev–Trinajstić information content (AvgIpc) is 3.13. The van der Waals surface area contributed by atoms with Crippen molar-refractivity contribution in [3.63, 3.8) is 0 Å². The van der Waals surface area contributed by atoms with Gasteiger partial charge in [0.05, 0.1) is 12.8 Å². The van der Waals surface area contributed by atoms with E-state index in [0.717, 1.165) is 18.3 Å². The van der Waals surface area contributed by atoms with Crippen LogP contribution in [0.1, 0.15) is 25.0 Å². The summed E-state index contributed by atoms with van der Waals surface area (Å²) in [5.74, 6) is 3.65. The number of hydrogen-bond donors (Lipinski definition) is 1. The molecule has 0 amide bonds. The fraction of sp³-hybridized carbons (Fsp3) is 0.714. The maximum atomic E-state index is 5.47. The Balaban J connectivity index is 1.47. The van der Waals surface area contributed by atoms with E-state index in [9.17, 15) is 0 Å². The van der Waals surface area contributed by atoms with Crippen LogP contribution in [-0.4, -0.2) is 41.6 Å². The van der Waals surface area contributed by atoms with Crippen molar-refractivity contribution in [1.29, 1.82) is 0 Å². The second-order valence-electron chi connectivity index (χ2n) is 5.30. The quantitative estimate of drug-likeness (QED) is 0.855. The Labute approximate surface area is 113 Å². The Morgan fingerprint density at radius 3 is 3.06 bits per heavy atom. The zero-order chi connectivity index (χ0) is 12.2. The van der Waals surface area contributed by atoms with Crippen molar-refractivity contribution in [2.45, 2.75) is 37.9 Å². The second kappa shape index (κ2) is 6.13. The van der Waals surface area contributed by atoms with Crippen LogP contribution < -0.4 is 5.32 Å². The molecule has 0 bridgehead atoms. The molecule has 4 heteroatoms. The van der Waals surface area contributed by atoms with Gasteiger partial charge in [-0.15, -0.1) is 0 Å². The van der Waals surface area contributed by atoms with Gasteiger partial charge in [-0.1, -0.05) is 0 Å². The van der Waals surface area contributed by atoms with Crippen LogP contribution in [0.15, 0.2) is 22.8 Å². The normalized spacial score (nSPS) is 24.6. The van der Waals surface area contributed by atoms with E-state index in [4.69, 9.17) is 4.42 Å². The molecule has 3 rings (SSSR count). The number of furan rings is 1. The number of thioether (sulfide) groups is 1. The predicted molar refractivity (Wildman–Crippen MR) is 75.9 cm³/mol. The van der Waals surface area contributed by atoms with Crippen molar-refractivity contribution < 1.29 is 4.42 Å². The van der Waals surface area contributed by atoms with E-state index < -0.39 is 0 Å². The Hall–Kier alpha value is -0.450. The zero-order valence-electron chi connectivity index (χ0n) is 10.8. The molecule has 1 unspecified atom stereocenters. The largest absolute Gasteiger partial charge is 0.468 e. The molecule has 2 fully saturated rings. The topological polar surface area (TPSA) is 28.4 Å². The molecule has 2 heterocycles. The minimum Gasteiger partial charge on any atom is -0.468 e. The standard InChI is InChI=1S/C14H22N2OS/c1-2-14(17-8-1)10-16(13-3-4-13)7-5-12-11-18-9-6-15-12/h1-2,8,12-13,15H,3-7,9-11H2. The maximum Gasteiger partial charge on any atom is 0.117 e. The summed E-state index contributed by atoms with van der Waals surface area (Å²) in [5, 5.41) is 3.62. The summed E-state index contributed by atoms with van der Waals surface area (Å²) in [4.78, 5) is 2.60. The molecular formula is C14H22N2OS. The number of nitrogens with one attached hydrogen (secondary N) is 1. The summed E-state index contributed by atoms with van der Waals surface area (Å²) in [6, 6.07) is 5.59. The highest BCUT2D eigenvalue weighted by Gasteiger charge is 2.29. The van der Waals surface area contributed by atoms with E-state index in [1.54, 1.807) is 6.26 Å². The molecule has 1 saturated carbocycles. The van der Waals surface area contributed by atoms with Crippen LogP contribution in [0.25, 0.3) is 0 Å². The van der Waals surface area contributed by atoms with Gasteiger partial charge in [-0.3, -0.25) is 4.90 Å². The van der Waals surface area contributed by atoms with E-state index in [2.05, 4.69) is 28.0 Å². The Morgan fingerprint density at radius 1 is 1.44 bits per heavy atom. The zero-order valence-corrected chi connectivity index (χ0v) is 11.6. The van der Waals surface area contributed by atoms with Crippen LogP contribution in [0, 0.1) is 0 Å². The minimum atomic E-state index is 0.710. The molecule has 1 aliphatic carbocycles. The monoisotopic (exact) mass is 266 g/mol. The van der Waals surface area contributed by atoms with E-state index in [1.165, 1.54) is 43.9 Å². The lowest BCUT2D eigenvalue weighted by Gasteiger charge is -2.27. The molecule has 0 spiro atoms. The predicted octanol–water partition coefficient (Wildman–Crippen LogP) is 2.34. The van der Waals surface area contributed by atoms with Crippen molar-refractivity contribution >= 4 is 11.8 Å². The average molecular weight is 266 g/mol. The van der Waals surface area contributed by atoms with Gasteiger partial charge in [0.25, 0.3) is 0 Å². The van der Waals surface area contributed by atoms with Crippen LogP contribution in [0.3, 0.4) is 0 Å². The molecule has 1 atom stereocenters. The summed E-state index contributed by atoms with van der Waals surface area (Å²) in [5.41, 5.74) is 0. The van der Waals surface area contributed by atoms with Gasteiger partial charge in [-0.2, -0.15) is 11.8 Å². The second-order valence-corrected chi connectivity index (χ2v) is 6.45. The third-order valence-electron chi connectivity index (χ3n) is 3.77. The van der Waals surface area contributed by atoms with Crippen molar-refractivity contribution in [2.75, 3.05) is 24.6 Å². The van der Waals surface area contributed by atoms with Gasteiger partial charge in [0, 0.05) is 36.7 Å². The van der Waals surface area contributed by atoms with Crippen LogP contribution in [0.4, 0.5) is 0 Å². The summed E-state index contributed by atoms with van der Waals surface area (Å²) in [7, 11) is 0. The molecule has 1 N–H and O–H groups in total. The lowest BCUT2D eigenvalue weighted by atomic mass is 10.2. The molecule has 3 nitrogen and oxygen atoms in total. The third kappa shape index (κ3) is 3.53. The summed E-state index contributed by atoms with van der Waals surface area (Å²) < 4.78 is 5.47. The summed E-state index contributed by atoms with van der Waals surface area (Å²) in [6.07, 6.45) is 5.78. The molecule has 1 aromatic heterocycles. The maximum absolute atomic E-state index is 5.47. The molecule has 18 heavy (non-hydrogen) atoms. The van der Waals surface area contributed by atoms with Crippen molar-refractivity contribution in [2.24, 2.45) is 0 Å². The van der Waals surface area contributed by atoms with E-state index >= 15 is 0 Å². The lowest BCUT2D eigenvalue weighted by Crippen LogP contribution is -2.40. The molecule has 2 aliphatic rings. The van der Waals surface area contributed by atoms with Crippen molar-refractivity contribution in [3.05, 3.63) is 24.2 Å². The molecule has 0 radical (unpaired) electrons. The molecule has 1 aromatic rings. The van der Waals surface area contributed by atoms with Crippen molar-refractivity contribution in [3.8, 4) is 0 Å². The van der Waals surface area contributed by atoms with E-state index in [-0.39, 0.29) is 0 Å². The highest BCUT2D eigenvalue weighted by molar-refractivity contribution is 7.99. The Morgan fingerprint density at radius 2 is 2.39 bits per heavy atom. The van der Waals surface area contributed by atoms with E-state index in [0.29, 0.717) is 6.04 Å². The number of hydrogen-bond acceptors (Lipinski definition) is 4. The first-order chi connectivity index (χ1) is 8.92. The van der Waals surface area contributed by atoms with Gasteiger partial charge < -0.3 is 9.73 Å². The molecular weight excluding hydrogens is 244 g/mol. The lowest BCUT2D eigenvalue weighted by molar-refractivity contribution is 0.223.